The molecule has 0 aliphatic carbocycles. The number of aliphatic hydroxyl groups is 1. The number of anilines is 2. The molecule has 6 heterocycles. The third-order valence-corrected chi connectivity index (χ3v) is 10.6. The van der Waals surface area contributed by atoms with E-state index in [4.69, 9.17) is 41.8 Å². The zero-order valence-electron chi connectivity index (χ0n) is 21.5. The van der Waals surface area contributed by atoms with Gasteiger partial charge in [-0.25, -0.2) is 19.3 Å². The van der Waals surface area contributed by atoms with Crippen LogP contribution in [0.15, 0.2) is 17.4 Å². The molecule has 0 radical (unpaired) electrons. The molecular weight excluding hydrogens is 655 g/mol. The molecule has 0 amide bonds. The van der Waals surface area contributed by atoms with Crippen LogP contribution in [0, 0.1) is 0 Å². The van der Waals surface area contributed by atoms with E-state index in [1.54, 1.807) is 0 Å². The molecular formula is C19H23FN11O8P2S2+. The quantitative estimate of drug-likeness (QED) is 0.0979. The number of aliphatic hydroxyl groups excluding tert-OH is 1. The maximum absolute atomic E-state index is 15.7. The number of rotatable bonds is 9. The number of hydrogen-bond donors (Lipinski definition) is 6. The second kappa shape index (κ2) is 11.6. The Bertz CT molecular complexity index is 1810. The molecule has 9 atom stereocenters. The molecule has 4 aromatic heterocycles. The van der Waals surface area contributed by atoms with E-state index < -0.39 is 75.1 Å². The van der Waals surface area contributed by atoms with E-state index in [1.165, 1.54) is 10.9 Å². The molecule has 19 nitrogen and oxygen atoms in total. The van der Waals surface area contributed by atoms with Crippen molar-refractivity contribution in [1.82, 2.24) is 44.5 Å². The highest BCUT2D eigenvalue weighted by Gasteiger charge is 2.53. The molecule has 0 aromatic carbocycles. The zero-order chi connectivity index (χ0) is 30.6. The molecule has 2 aliphatic heterocycles. The Kier molecular flexibility index (Phi) is 8.18. The van der Waals surface area contributed by atoms with E-state index >= 15 is 4.39 Å². The lowest BCUT2D eigenvalue weighted by atomic mass is 10.1. The number of aromatic nitrogens is 9. The van der Waals surface area contributed by atoms with Gasteiger partial charge in [-0.3, -0.25) is 14.3 Å². The second-order valence-corrected chi connectivity index (χ2v) is 14.8. The second-order valence-electron chi connectivity index (χ2n) is 9.55. The van der Waals surface area contributed by atoms with Crippen LogP contribution in [0.2, 0.25) is 0 Å². The first-order valence-corrected chi connectivity index (χ1v) is 17.4. The lowest BCUT2D eigenvalue weighted by Crippen LogP contribution is -2.33. The van der Waals surface area contributed by atoms with E-state index in [9.17, 15) is 19.4 Å². The van der Waals surface area contributed by atoms with Crippen molar-refractivity contribution in [3.8, 4) is 0 Å². The van der Waals surface area contributed by atoms with Gasteiger partial charge in [0.25, 0.3) is 5.56 Å². The molecule has 2 unspecified atom stereocenters. The van der Waals surface area contributed by atoms with Crippen molar-refractivity contribution in [2.45, 2.75) is 49.0 Å². The standard InChI is InChI=1S/C19H22FN11O8P2S2/c20-9-12(39-40(34)42)7(38-18(9)31-14-10(28-29-31)13(21)23-4-24-14)3-36-41(35,43)8-1-6(2-32)37-17(8)30-5-25-11-15(30)26-19(22)27-16(11)33/h4-9,12,17-18,32H,1-3H2,(H6-,21,22,23,24,26,27,29,33,34,35,42,43)/p+1/t6-,7+,8+,9-,12+,17+,18+,41?/m0/s1. The fourth-order valence-corrected chi connectivity index (χ4v) is 8.14. The lowest BCUT2D eigenvalue weighted by Gasteiger charge is -2.28. The Hall–Kier alpha value is -2.78. The minimum Gasteiger partial charge on any atom is -0.394 e. The predicted molar refractivity (Wildman–Crippen MR) is 152 cm³/mol. The molecule has 0 bridgehead atoms. The summed E-state index contributed by atoms with van der Waals surface area (Å²) < 4.78 is 52.8. The molecule has 43 heavy (non-hydrogen) atoms. The molecule has 24 heteroatoms. The minimum atomic E-state index is -3.87. The van der Waals surface area contributed by atoms with Gasteiger partial charge in [-0.1, -0.05) is 5.21 Å². The number of nitrogens with two attached hydrogens (primary N) is 2. The van der Waals surface area contributed by atoms with Gasteiger partial charge in [-0.2, -0.15) is 9.67 Å². The van der Waals surface area contributed by atoms with E-state index in [2.05, 4.69) is 47.5 Å². The van der Waals surface area contributed by atoms with Crippen LogP contribution in [0.4, 0.5) is 16.2 Å². The summed E-state index contributed by atoms with van der Waals surface area (Å²) in [7, 11) is -2.60. The Balaban J connectivity index is 1.26. The SMILES string of the molecule is Nc1nc2c(ncn2[C@@H]2O[C@H](CO)C[C@H]2P(O)(=S)OC[C@H]2O[C@@H](n3nnc4c(N)ncnc43)[C@@H](F)[C@@H]2O[P+](=O)S)c(=O)[nH]1. The zero-order valence-corrected chi connectivity index (χ0v) is 25.0. The molecule has 4 aromatic rings. The van der Waals surface area contributed by atoms with Crippen LogP contribution in [-0.2, 0) is 34.9 Å². The van der Waals surface area contributed by atoms with Crippen LogP contribution in [0.3, 0.4) is 0 Å². The Morgan fingerprint density at radius 3 is 2.79 bits per heavy atom. The number of imidazole rings is 1. The summed E-state index contributed by atoms with van der Waals surface area (Å²) in [5, 5.41) is 17.6. The van der Waals surface area contributed by atoms with Crippen LogP contribution >= 0.6 is 26.0 Å². The smallest absolute Gasteiger partial charge is 0.394 e. The fourth-order valence-electron chi connectivity index (χ4n) is 5.01. The van der Waals surface area contributed by atoms with Crippen LogP contribution in [0.1, 0.15) is 18.9 Å². The Labute approximate surface area is 250 Å². The first-order valence-electron chi connectivity index (χ1n) is 12.4. The predicted octanol–water partition coefficient (Wildman–Crippen LogP) is -0.306. The fraction of sp³-hybridized carbons (Fsp3) is 0.526. The number of halogens is 1. The molecule has 2 aliphatic rings. The van der Waals surface area contributed by atoms with Gasteiger partial charge in [0, 0.05) is 0 Å². The summed E-state index contributed by atoms with van der Waals surface area (Å²) in [5.74, 6) is -0.164. The topological polar surface area (TPSA) is 267 Å². The number of H-pyrrole nitrogens is 1. The van der Waals surface area contributed by atoms with Gasteiger partial charge >= 0.3 is 7.23 Å². The summed E-state index contributed by atoms with van der Waals surface area (Å²) in [6, 6.07) is 0. The van der Waals surface area contributed by atoms with Crippen molar-refractivity contribution in [2.75, 3.05) is 24.7 Å². The van der Waals surface area contributed by atoms with Crippen molar-refractivity contribution in [2.24, 2.45) is 0 Å². The summed E-state index contributed by atoms with van der Waals surface area (Å²) >= 11 is 9.26. The van der Waals surface area contributed by atoms with Gasteiger partial charge in [0.15, 0.2) is 53.1 Å². The third-order valence-electron chi connectivity index (χ3n) is 6.95. The van der Waals surface area contributed by atoms with Crippen LogP contribution in [0.5, 0.6) is 0 Å². The van der Waals surface area contributed by atoms with Gasteiger partial charge in [0.2, 0.25) is 5.95 Å². The van der Waals surface area contributed by atoms with Gasteiger partial charge in [-0.15, -0.1) is 9.62 Å². The van der Waals surface area contributed by atoms with E-state index in [0.29, 0.717) is 0 Å². The first kappa shape index (κ1) is 30.3. The number of nitrogen functional groups attached to an aromatic ring is 2. The Morgan fingerprint density at radius 2 is 2.05 bits per heavy atom. The average Bonchev–Trinajstić information content (AvgIpc) is 3.73. The van der Waals surface area contributed by atoms with Crippen molar-refractivity contribution in [1.29, 1.82) is 0 Å². The van der Waals surface area contributed by atoms with Crippen molar-refractivity contribution in [3.63, 3.8) is 0 Å². The van der Waals surface area contributed by atoms with Gasteiger partial charge < -0.3 is 35.5 Å². The van der Waals surface area contributed by atoms with Crippen molar-refractivity contribution < 1.29 is 37.5 Å². The lowest BCUT2D eigenvalue weighted by molar-refractivity contribution is -0.0452. The van der Waals surface area contributed by atoms with Gasteiger partial charge in [0.1, 0.15) is 30.9 Å². The number of thiol groups is 1. The number of ether oxygens (including phenoxy) is 2. The molecule has 0 saturated carbocycles. The van der Waals surface area contributed by atoms with E-state index in [1.807, 2.05) is 0 Å². The van der Waals surface area contributed by atoms with Crippen molar-refractivity contribution >= 4 is 71.9 Å². The van der Waals surface area contributed by atoms with E-state index in [-0.39, 0.29) is 40.5 Å². The third kappa shape index (κ3) is 5.52. The number of fused-ring (bicyclic) bond motifs is 2. The molecule has 230 valence electrons. The highest BCUT2D eigenvalue weighted by molar-refractivity contribution is 8.39. The number of nitrogens with zero attached hydrogens (tertiary/aromatic N) is 8. The number of aromatic amines is 1. The number of hydrogen-bond acceptors (Lipinski definition) is 16. The summed E-state index contributed by atoms with van der Waals surface area (Å²) in [6.07, 6.45) is -5.54. The van der Waals surface area contributed by atoms with Crippen LogP contribution in [0.25, 0.3) is 22.3 Å². The van der Waals surface area contributed by atoms with Gasteiger partial charge in [-0.05, 0) is 22.8 Å². The largest absolute Gasteiger partial charge is 0.582 e. The monoisotopic (exact) mass is 678 g/mol. The Morgan fingerprint density at radius 1 is 1.26 bits per heavy atom. The molecule has 2 saturated heterocycles. The first-order chi connectivity index (χ1) is 20.5. The van der Waals surface area contributed by atoms with E-state index in [0.717, 1.165) is 11.0 Å². The number of alkyl halides is 1. The van der Waals surface area contributed by atoms with Crippen LogP contribution in [-0.4, -0.2) is 97.8 Å². The van der Waals surface area contributed by atoms with Gasteiger partial charge in [0.05, 0.1) is 31.3 Å². The summed E-state index contributed by atoms with van der Waals surface area (Å²) in [4.78, 5) is 42.1. The molecule has 0 spiro atoms. The maximum atomic E-state index is 15.7. The normalized spacial score (nSPS) is 29.4. The molecule has 7 N–H and O–H groups in total. The molecule has 6 rings (SSSR count). The molecule has 2 fully saturated rings. The summed E-state index contributed by atoms with van der Waals surface area (Å²) in [6.45, 7) is -4.79. The maximum Gasteiger partial charge on any atom is 0.582 e. The highest BCUT2D eigenvalue weighted by Crippen LogP contribution is 2.58. The minimum absolute atomic E-state index is 0.0134. The number of nitrogens with one attached hydrogen (secondary N) is 1. The average molecular weight is 679 g/mol. The van der Waals surface area contributed by atoms with Crippen LogP contribution < -0.4 is 17.0 Å². The highest BCUT2D eigenvalue weighted by atomic mass is 32.7. The summed E-state index contributed by atoms with van der Waals surface area (Å²) in [5.41, 5.74) is 10.2. The van der Waals surface area contributed by atoms with Crippen molar-refractivity contribution in [3.05, 3.63) is 23.0 Å².